The van der Waals surface area contributed by atoms with Crippen molar-refractivity contribution in [3.05, 3.63) is 176 Å². The van der Waals surface area contributed by atoms with E-state index >= 15 is 0 Å². The predicted octanol–water partition coefficient (Wildman–Crippen LogP) is 7.88. The number of benzene rings is 6. The minimum atomic E-state index is -3.20. The molecule has 1 N–H and O–H groups in total. The van der Waals surface area contributed by atoms with Gasteiger partial charge in [-0.3, -0.25) is 0 Å². The maximum absolute atomic E-state index is 8.24. The van der Waals surface area contributed by atoms with Crippen LogP contribution in [0.4, 0.5) is 17.1 Å². The van der Waals surface area contributed by atoms with Crippen LogP contribution in [0.2, 0.25) is 0 Å². The Kier molecular flexibility index (Phi) is 8.04. The summed E-state index contributed by atoms with van der Waals surface area (Å²) >= 11 is 0. The first-order valence-corrected chi connectivity index (χ1v) is 19.5. The van der Waals surface area contributed by atoms with Gasteiger partial charge in [0.05, 0.1) is 11.1 Å². The van der Waals surface area contributed by atoms with E-state index < -0.39 is 15.0 Å². The number of para-hydroxylation sites is 3. The van der Waals surface area contributed by atoms with Crippen molar-refractivity contribution >= 4 is 67.7 Å². The van der Waals surface area contributed by atoms with Crippen LogP contribution in [-0.2, 0) is 26.5 Å². The van der Waals surface area contributed by atoms with Crippen molar-refractivity contribution in [3.63, 3.8) is 0 Å². The van der Waals surface area contributed by atoms with Crippen LogP contribution in [0.5, 0.6) is 0 Å². The number of hydrogen-bond acceptors (Lipinski definition) is 3. The molecule has 2 aromatic heterocycles. The number of hydroxylamine groups is 1. The van der Waals surface area contributed by atoms with Crippen LogP contribution in [0.25, 0.3) is 27.6 Å². The largest absolute Gasteiger partial charge is 0.319 e. The smallest absolute Gasteiger partial charge is 0.145 e. The molecule has 1 aliphatic rings. The fourth-order valence-corrected chi connectivity index (χ4v) is 12.2. The van der Waals surface area contributed by atoms with Crippen molar-refractivity contribution in [1.82, 2.24) is 9.55 Å². The molecule has 0 unspecified atom stereocenters. The zero-order valence-corrected chi connectivity index (χ0v) is 32.8. The molecule has 0 amide bonds. The molecule has 0 radical (unpaired) electrons. The Labute approximate surface area is 330 Å². The van der Waals surface area contributed by atoms with Crippen molar-refractivity contribution in [2.45, 2.75) is 26.2 Å². The summed E-state index contributed by atoms with van der Waals surface area (Å²) in [6, 6.07) is 60.1. The van der Waals surface area contributed by atoms with Crippen molar-refractivity contribution in [2.24, 2.45) is 0 Å². The Morgan fingerprint density at radius 3 is 2.04 bits per heavy atom. The van der Waals surface area contributed by atoms with Crippen LogP contribution in [0.15, 0.2) is 158 Å². The molecule has 0 fully saturated rings. The van der Waals surface area contributed by atoms with Crippen LogP contribution in [0.3, 0.4) is 0 Å². The monoisotopic (exact) mass is 889 g/mol. The minimum Gasteiger partial charge on any atom is -0.319 e. The number of fused-ring (bicyclic) bond motifs is 4. The average molecular weight is 890 g/mol. The normalized spacial score (nSPS) is 14.1. The van der Waals surface area contributed by atoms with Gasteiger partial charge in [0, 0.05) is 38.5 Å². The van der Waals surface area contributed by atoms with E-state index in [-0.39, 0.29) is 26.5 Å². The Bertz CT molecular complexity index is 2660. The summed E-state index contributed by atoms with van der Waals surface area (Å²) in [5.74, 6) is 0.848. The molecule has 5 nitrogen and oxygen atoms in total. The van der Waals surface area contributed by atoms with Gasteiger partial charge in [0.1, 0.15) is 25.3 Å². The topological polar surface area (TPSA) is 37.1 Å². The number of rotatable bonds is 6. The Hall–Kier alpha value is -5.26. The molecule has 0 spiro atoms. The van der Waals surface area contributed by atoms with Crippen molar-refractivity contribution in [2.75, 3.05) is 17.1 Å². The third-order valence-electron chi connectivity index (χ3n) is 10.2. The fourth-order valence-electron chi connectivity index (χ4n) is 7.65. The molecule has 0 bridgehead atoms. The molecule has 8 aromatic rings. The summed E-state index contributed by atoms with van der Waals surface area (Å²) in [5.41, 5.74) is 5.02. The van der Waals surface area contributed by atoms with Crippen LogP contribution in [0.1, 0.15) is 30.4 Å². The quantitative estimate of drug-likeness (QED) is 0.0739. The SMILES string of the molecule is [2H]C([2H])([2H])N1[OH+]N(c2[c-]c([Si](c3[c-]c4c(cc3)c3ccccc3n4-c3cc(C(C)(C)C)ccn3)(c3ccccc3)c3ccccc3)ccc2)c2ccccc21.[Pt]. The van der Waals surface area contributed by atoms with Crippen molar-refractivity contribution in [3.8, 4) is 5.82 Å². The average Bonchev–Trinajstić information content (AvgIpc) is 3.76. The first-order chi connectivity index (χ1) is 26.5. The molecular weight excluding hydrogens is 848 g/mol. The van der Waals surface area contributed by atoms with Gasteiger partial charge in [0.2, 0.25) is 0 Å². The van der Waals surface area contributed by atoms with Gasteiger partial charge in [0.15, 0.2) is 0 Å². The van der Waals surface area contributed by atoms with Gasteiger partial charge < -0.3 is 4.57 Å². The molecule has 0 saturated carbocycles. The van der Waals surface area contributed by atoms with Crippen LogP contribution < -0.4 is 30.9 Å². The maximum atomic E-state index is 8.24. The molecule has 6 aromatic carbocycles. The Morgan fingerprint density at radius 1 is 0.660 bits per heavy atom. The summed E-state index contributed by atoms with van der Waals surface area (Å²) in [6.45, 7) is 4.21. The van der Waals surface area contributed by atoms with Gasteiger partial charge in [-0.05, 0) is 57.1 Å². The second-order valence-electron chi connectivity index (χ2n) is 14.3. The van der Waals surface area contributed by atoms with Gasteiger partial charge in [-0.25, -0.2) is 4.98 Å². The van der Waals surface area contributed by atoms with E-state index in [4.69, 9.17) is 9.10 Å². The van der Waals surface area contributed by atoms with E-state index in [1.165, 1.54) is 15.9 Å². The van der Waals surface area contributed by atoms with Gasteiger partial charge in [-0.2, -0.15) is 51.7 Å². The number of aromatic nitrogens is 2. The Balaban J connectivity index is 0.00000441. The van der Waals surface area contributed by atoms with Gasteiger partial charge in [-0.15, -0.1) is 21.6 Å². The third-order valence-corrected chi connectivity index (χ3v) is 14.8. The van der Waals surface area contributed by atoms with E-state index in [0.717, 1.165) is 43.1 Å². The number of nitrogens with zero attached hydrogens (tertiary/aromatic N) is 4. The van der Waals surface area contributed by atoms with E-state index in [1.807, 2.05) is 36.5 Å². The molecule has 264 valence electrons. The molecule has 0 saturated heterocycles. The number of pyridine rings is 1. The maximum Gasteiger partial charge on any atom is 0.145 e. The van der Waals surface area contributed by atoms with Crippen molar-refractivity contribution < 1.29 is 30.1 Å². The van der Waals surface area contributed by atoms with E-state index in [9.17, 15) is 0 Å². The first kappa shape index (κ1) is 31.3. The summed E-state index contributed by atoms with van der Waals surface area (Å²) in [5, 5.41) is 9.44. The van der Waals surface area contributed by atoms with E-state index in [2.05, 4.69) is 158 Å². The summed E-state index contributed by atoms with van der Waals surface area (Å²) in [7, 11) is -3.20. The number of anilines is 3. The van der Waals surface area contributed by atoms with Crippen LogP contribution in [-0.4, -0.2) is 29.5 Å². The number of hydrogen-bond donors (Lipinski definition) is 0. The van der Waals surface area contributed by atoms with Gasteiger partial charge >= 0.3 is 0 Å². The molecule has 3 heterocycles. The minimum absolute atomic E-state index is 0. The van der Waals surface area contributed by atoms with Crippen LogP contribution in [0, 0.1) is 12.1 Å². The van der Waals surface area contributed by atoms with E-state index in [0.29, 0.717) is 17.1 Å². The van der Waals surface area contributed by atoms with E-state index in [1.54, 1.807) is 11.1 Å². The summed E-state index contributed by atoms with van der Waals surface area (Å²) in [6.07, 6.45) is 1.91. The molecule has 7 heteroatoms. The molecule has 53 heavy (non-hydrogen) atoms. The molecule has 1 aliphatic heterocycles. The summed E-state index contributed by atoms with van der Waals surface area (Å²) in [4.78, 5) is 9.59. The zero-order valence-electron chi connectivity index (χ0n) is 32.6. The molecule has 0 atom stereocenters. The summed E-state index contributed by atoms with van der Waals surface area (Å²) < 4.78 is 27.0. The predicted molar refractivity (Wildman–Crippen MR) is 217 cm³/mol. The zero-order chi connectivity index (χ0) is 38.0. The second-order valence-corrected chi connectivity index (χ2v) is 18.0. The fraction of sp³-hybridized carbons (Fsp3) is 0.109. The van der Waals surface area contributed by atoms with Gasteiger partial charge in [0.25, 0.3) is 0 Å². The second kappa shape index (κ2) is 13.6. The van der Waals surface area contributed by atoms with Gasteiger partial charge in [-0.1, -0.05) is 117 Å². The molecular formula is C46H39N4OPtSi-. The molecule has 9 rings (SSSR count). The third kappa shape index (κ3) is 5.73. The Morgan fingerprint density at radius 2 is 1.32 bits per heavy atom. The molecule has 0 aliphatic carbocycles. The van der Waals surface area contributed by atoms with Crippen molar-refractivity contribution in [1.29, 1.82) is 0 Å². The first-order valence-electron chi connectivity index (χ1n) is 19.0. The standard InChI is InChI=1S/C46H38N4OSi.Pt/c1-46(2,3)33-28-29-47-45(30-33)49-41-23-12-11-22-39(41)40-27-26-38(32-44(40)49)52(35-17-7-5-8-18-35,36-19-9-6-10-20-36)37-21-15-16-34(31-37)50-43-25-14-13-24-42(43)48(4)51-50;/h5-30H,1-4H3;/q-2;/p+1/i4D3;. The van der Waals surface area contributed by atoms with Crippen LogP contribution >= 0.6 is 0 Å².